The molecule has 0 spiro atoms. The molecule has 0 amide bonds. The molecule has 3 unspecified atom stereocenters. The summed E-state index contributed by atoms with van der Waals surface area (Å²) in [5, 5.41) is 35.4. The monoisotopic (exact) mass is 282 g/mol. The molecule has 3 atom stereocenters. The predicted octanol–water partition coefficient (Wildman–Crippen LogP) is -4.90. The van der Waals surface area contributed by atoms with Gasteiger partial charge in [-0.15, -0.1) is 0 Å². The fourth-order valence-electron chi connectivity index (χ4n) is 0.761. The minimum absolute atomic E-state index is 0. The topological polar surface area (TPSA) is 170 Å². The molecular weight excluding hydrogens is 271 g/mol. The van der Waals surface area contributed by atoms with E-state index in [9.17, 15) is 19.1 Å². The summed E-state index contributed by atoms with van der Waals surface area (Å²) in [5.74, 6) is -1.17. The number of carbonyl (C=O) groups is 1. The predicted molar refractivity (Wildman–Crippen MR) is 49.4 cm³/mol. The molecule has 0 saturated carbocycles. The Morgan fingerprint density at radius 3 is 2.12 bits per heavy atom. The van der Waals surface area contributed by atoms with Crippen molar-refractivity contribution in [3.63, 3.8) is 0 Å². The van der Waals surface area contributed by atoms with Crippen LogP contribution < -0.4 is 9.79 Å². The summed E-state index contributed by atoms with van der Waals surface area (Å²) in [4.78, 5) is 30.7. The molecule has 0 aromatic heterocycles. The Bertz CT molecular complexity index is 279. The molecule has 0 bridgehead atoms. The first kappa shape index (κ1) is 19.7. The number of rotatable bonds is 7. The third-order valence-corrected chi connectivity index (χ3v) is 2.07. The Labute approximate surface area is 112 Å². The summed E-state index contributed by atoms with van der Waals surface area (Å²) in [7, 11) is -5.31. The molecule has 0 radical (unpaired) electrons. The smallest absolute Gasteiger partial charge is 0.790 e. The maximum absolute atomic E-state index is 10.7. The van der Waals surface area contributed by atoms with Gasteiger partial charge in [0.05, 0.1) is 14.4 Å². The van der Waals surface area contributed by atoms with Crippen molar-refractivity contribution in [3.8, 4) is 0 Å². The number of aliphatic hydroxyl groups excluding tert-OH is 4. The number of ketones is 1. The van der Waals surface area contributed by atoms with Crippen molar-refractivity contribution >= 4 is 36.7 Å². The second-order valence-electron chi connectivity index (χ2n) is 2.87. The van der Waals surface area contributed by atoms with Gasteiger partial charge in [-0.2, -0.15) is 0 Å². The molecule has 0 rings (SSSR count). The summed E-state index contributed by atoms with van der Waals surface area (Å²) >= 11 is 0. The van der Waals surface area contributed by atoms with E-state index in [0.29, 0.717) is 0 Å². The molecule has 96 valence electrons. The first-order valence-electron chi connectivity index (χ1n) is 4.03. The molecule has 4 N–H and O–H groups in total. The summed E-state index contributed by atoms with van der Waals surface area (Å²) in [5.41, 5.74) is 0. The van der Waals surface area contributed by atoms with Gasteiger partial charge in [-0.3, -0.25) is 4.79 Å². The molecule has 0 aromatic carbocycles. The molecule has 0 saturated heterocycles. The zero-order valence-electron chi connectivity index (χ0n) is 8.63. The van der Waals surface area contributed by atoms with Crippen LogP contribution in [0.15, 0.2) is 0 Å². The summed E-state index contributed by atoms with van der Waals surface area (Å²) in [6, 6.07) is 0. The van der Waals surface area contributed by atoms with Crippen LogP contribution in [0.3, 0.4) is 0 Å². The zero-order valence-corrected chi connectivity index (χ0v) is 10.9. The average molecular weight is 282 g/mol. The number of carbonyl (C=O) groups excluding carboxylic acids is 1. The molecular formula is C6H11MgO9P. The van der Waals surface area contributed by atoms with Crippen LogP contribution in [-0.2, 0) is 13.9 Å². The van der Waals surface area contributed by atoms with Gasteiger partial charge in [-0.1, -0.05) is 0 Å². The molecule has 0 aliphatic rings. The van der Waals surface area contributed by atoms with E-state index in [0.717, 1.165) is 0 Å². The van der Waals surface area contributed by atoms with Crippen molar-refractivity contribution in [2.24, 2.45) is 0 Å². The van der Waals surface area contributed by atoms with E-state index < -0.39 is 45.1 Å². The maximum Gasteiger partial charge on any atom is 2.00 e. The SMILES string of the molecule is O=C(CO)C(O)C(O)C(O)COP(=O)([O-])[O-].[Mg+2]. The molecule has 11 heteroatoms. The molecule has 0 aliphatic carbocycles. The van der Waals surface area contributed by atoms with E-state index in [1.54, 1.807) is 0 Å². The first-order valence-corrected chi connectivity index (χ1v) is 5.49. The van der Waals surface area contributed by atoms with Crippen molar-refractivity contribution in [1.29, 1.82) is 0 Å². The van der Waals surface area contributed by atoms with Crippen molar-refractivity contribution in [2.75, 3.05) is 13.2 Å². The van der Waals surface area contributed by atoms with E-state index >= 15 is 0 Å². The van der Waals surface area contributed by atoms with Gasteiger partial charge in [0, 0.05) is 0 Å². The van der Waals surface area contributed by atoms with Crippen LogP contribution in [-0.4, -0.2) is 80.8 Å². The third-order valence-electron chi connectivity index (χ3n) is 1.61. The minimum Gasteiger partial charge on any atom is -0.790 e. The van der Waals surface area contributed by atoms with E-state index in [4.69, 9.17) is 20.4 Å². The van der Waals surface area contributed by atoms with Gasteiger partial charge in [0.25, 0.3) is 0 Å². The van der Waals surface area contributed by atoms with E-state index in [-0.39, 0.29) is 23.1 Å². The second kappa shape index (κ2) is 8.48. The molecule has 0 aliphatic heterocycles. The molecule has 0 heterocycles. The van der Waals surface area contributed by atoms with E-state index in [1.165, 1.54) is 0 Å². The van der Waals surface area contributed by atoms with Gasteiger partial charge >= 0.3 is 23.1 Å². The minimum atomic E-state index is -5.31. The number of hydrogen-bond acceptors (Lipinski definition) is 9. The molecule has 0 fully saturated rings. The van der Waals surface area contributed by atoms with Crippen LogP contribution >= 0.6 is 7.82 Å². The first-order chi connectivity index (χ1) is 7.19. The summed E-state index contributed by atoms with van der Waals surface area (Å²) in [6.07, 6.45) is -6.12. The number of phosphoric acid groups is 1. The van der Waals surface area contributed by atoms with Gasteiger partial charge in [-0.05, 0) is 0 Å². The number of aliphatic hydroxyl groups is 4. The Hall–Kier alpha value is 0.386. The van der Waals surface area contributed by atoms with Gasteiger partial charge in [0.2, 0.25) is 0 Å². The normalized spacial score (nSPS) is 16.8. The Kier molecular flexibility index (Phi) is 9.84. The number of hydrogen-bond donors (Lipinski definition) is 4. The Morgan fingerprint density at radius 2 is 1.76 bits per heavy atom. The second-order valence-corrected chi connectivity index (χ2v) is 4.02. The van der Waals surface area contributed by atoms with Crippen LogP contribution in [0.1, 0.15) is 0 Å². The fourth-order valence-corrected chi connectivity index (χ4v) is 1.10. The summed E-state index contributed by atoms with van der Waals surface area (Å²) in [6.45, 7) is -2.16. The zero-order chi connectivity index (χ0) is 12.9. The average Bonchev–Trinajstić information content (AvgIpc) is 2.21. The van der Waals surface area contributed by atoms with Crippen molar-refractivity contribution < 1.29 is 44.1 Å². The number of phosphoric ester groups is 1. The fraction of sp³-hybridized carbons (Fsp3) is 0.833. The van der Waals surface area contributed by atoms with Crippen molar-refractivity contribution in [3.05, 3.63) is 0 Å². The standard InChI is InChI=1S/C6H13O9P.Mg/c7-1-3(8)5(10)6(11)4(9)2-15-16(12,13)14;/h4-7,9-11H,1-2H2,(H2,12,13,14);/q;+2/p-2. The van der Waals surface area contributed by atoms with Crippen LogP contribution in [0.25, 0.3) is 0 Å². The van der Waals surface area contributed by atoms with E-state index in [2.05, 4.69) is 4.52 Å². The van der Waals surface area contributed by atoms with Crippen LogP contribution in [0.5, 0.6) is 0 Å². The van der Waals surface area contributed by atoms with Crippen molar-refractivity contribution in [2.45, 2.75) is 18.3 Å². The maximum atomic E-state index is 10.7. The third kappa shape index (κ3) is 8.16. The molecule has 9 nitrogen and oxygen atoms in total. The van der Waals surface area contributed by atoms with Gasteiger partial charge in [-0.25, -0.2) is 0 Å². The molecule has 17 heavy (non-hydrogen) atoms. The van der Waals surface area contributed by atoms with Crippen LogP contribution in [0, 0.1) is 0 Å². The number of Topliss-reactive ketones (excluding diaryl/α,β-unsaturated/α-hetero) is 1. The van der Waals surface area contributed by atoms with Crippen LogP contribution in [0.2, 0.25) is 0 Å². The van der Waals surface area contributed by atoms with Gasteiger partial charge in [0.15, 0.2) is 5.78 Å². The Balaban J connectivity index is 0. The Morgan fingerprint density at radius 1 is 1.29 bits per heavy atom. The van der Waals surface area contributed by atoms with Gasteiger partial charge < -0.3 is 39.3 Å². The molecule has 0 aromatic rings. The largest absolute Gasteiger partial charge is 2.00 e. The van der Waals surface area contributed by atoms with Crippen LogP contribution in [0.4, 0.5) is 0 Å². The van der Waals surface area contributed by atoms with Crippen molar-refractivity contribution in [1.82, 2.24) is 0 Å². The quantitative estimate of drug-likeness (QED) is 0.264. The van der Waals surface area contributed by atoms with Gasteiger partial charge in [0.1, 0.15) is 24.9 Å². The van der Waals surface area contributed by atoms with E-state index in [1.807, 2.05) is 0 Å². The summed E-state index contributed by atoms with van der Waals surface area (Å²) < 4.78 is 13.6.